The van der Waals surface area contributed by atoms with Gasteiger partial charge in [0.2, 0.25) is 35.4 Å². The molecular weight excluding hydrogens is 1480 g/mol. The van der Waals surface area contributed by atoms with Crippen LogP contribution in [0.25, 0.3) is 65.8 Å². The van der Waals surface area contributed by atoms with Gasteiger partial charge < -0.3 is 52.5 Å². The molecule has 0 aliphatic carbocycles. The molecular formula is C84H96BrFN12O13. The SMILES string of the molecule is C#CCOC1CCN(C(=O)OC(C)(C)C)CC1.CC(C)(C)OC(=O)N1CCC(OCC#Cc2cccc3c2c2cccnc2n3C2CCC(=O)NC2=O)CC1.CF.O=C1CCC(n2c3cccc(Br)c3c3cccnc32)C(=O)N1.O=C1CCC(n2c3cccc(C#CCOC4CCNCC4)c3c3cccnc32)C(=O)N1.[3H]C. The maximum absolute atomic E-state index is 12.7. The van der Waals surface area contributed by atoms with Gasteiger partial charge in [-0.15, -0.1) is 6.42 Å². The van der Waals surface area contributed by atoms with E-state index in [9.17, 15) is 42.7 Å². The number of halogens is 2. The van der Waals surface area contributed by atoms with Crippen LogP contribution in [0.2, 0.25) is 0 Å². The zero-order chi connectivity index (χ0) is 80.2. The van der Waals surface area contributed by atoms with Crippen LogP contribution in [0.4, 0.5) is 14.0 Å². The largest absolute Gasteiger partial charge is 0.444 e. The molecule has 3 aromatic carbocycles. The monoisotopic (exact) mass is 1580 g/mol. The molecule has 584 valence electrons. The van der Waals surface area contributed by atoms with Gasteiger partial charge in [0, 0.05) is 113 Å². The van der Waals surface area contributed by atoms with Crippen LogP contribution in [0.3, 0.4) is 0 Å². The van der Waals surface area contributed by atoms with Crippen molar-refractivity contribution in [2.45, 2.75) is 174 Å². The lowest BCUT2D eigenvalue weighted by Gasteiger charge is -2.33. The number of piperidine rings is 6. The van der Waals surface area contributed by atoms with Crippen LogP contribution in [0.5, 0.6) is 0 Å². The first-order valence-electron chi connectivity index (χ1n) is 38.1. The van der Waals surface area contributed by atoms with Crippen LogP contribution in [-0.2, 0) is 52.5 Å². The number of nitrogens with one attached hydrogen (secondary N) is 4. The highest BCUT2D eigenvalue weighted by molar-refractivity contribution is 9.10. The summed E-state index contributed by atoms with van der Waals surface area (Å²) in [6, 6.07) is 27.9. The number of fused-ring (bicyclic) bond motifs is 9. The number of terminal acetylenes is 1. The number of alkyl halides is 1. The molecule has 0 radical (unpaired) electrons. The van der Waals surface area contributed by atoms with Gasteiger partial charge in [0.25, 0.3) is 0 Å². The Labute approximate surface area is 654 Å². The Hall–Kier alpha value is -10.6. The molecule has 6 aromatic heterocycles. The van der Waals surface area contributed by atoms with Crippen LogP contribution >= 0.6 is 15.9 Å². The highest BCUT2D eigenvalue weighted by atomic mass is 79.9. The second-order valence-electron chi connectivity index (χ2n) is 29.2. The lowest BCUT2D eigenvalue weighted by molar-refractivity contribution is -0.137. The van der Waals surface area contributed by atoms with Gasteiger partial charge >= 0.3 is 12.2 Å². The summed E-state index contributed by atoms with van der Waals surface area (Å²) in [6.07, 6.45) is 17.7. The molecule has 12 heterocycles. The molecule has 9 aromatic rings. The van der Waals surface area contributed by atoms with Crippen molar-refractivity contribution >= 4 is 129 Å². The van der Waals surface area contributed by atoms with Crippen molar-refractivity contribution < 1.29 is 67.8 Å². The third-order valence-electron chi connectivity index (χ3n) is 19.4. The lowest BCUT2D eigenvalue weighted by Crippen LogP contribution is -2.43. The summed E-state index contributed by atoms with van der Waals surface area (Å²) in [6.45, 7) is 16.7. The Morgan fingerprint density at radius 3 is 1.21 bits per heavy atom. The van der Waals surface area contributed by atoms with Crippen molar-refractivity contribution in [2.24, 2.45) is 0 Å². The third kappa shape index (κ3) is 20.3. The van der Waals surface area contributed by atoms with Gasteiger partial charge in [-0.25, -0.2) is 24.5 Å². The van der Waals surface area contributed by atoms with Gasteiger partial charge in [0.05, 0.1) is 42.0 Å². The normalized spacial score (nSPS) is 18.6. The second kappa shape index (κ2) is 37.9. The number of nitrogens with zero attached hydrogens (tertiary/aromatic N) is 8. The van der Waals surface area contributed by atoms with Gasteiger partial charge in [0.1, 0.15) is 66.1 Å². The molecule has 27 heteroatoms. The average Bonchev–Trinajstić information content (AvgIpc) is 1.60. The van der Waals surface area contributed by atoms with E-state index in [0.717, 1.165) is 127 Å². The summed E-state index contributed by atoms with van der Waals surface area (Å²) in [5, 5.41) is 16.5. The summed E-state index contributed by atoms with van der Waals surface area (Å²) in [5.74, 6) is 13.7. The van der Waals surface area contributed by atoms with Crippen molar-refractivity contribution in [3.05, 3.63) is 125 Å². The average molecular weight is 1580 g/mol. The standard InChI is InChI=1S/C29H32N4O5.C24H24N4O3.C16H12BrN3O2.C13H21NO3.CH3F.CH4/c1-29(2,3)38-28(36)32-16-13-20(14-17-32)37-18-6-8-19-7-4-10-22-25(19)21-9-5-15-30-26(21)33(22)23-11-12-24(34)31-27(23)35;29-21-9-8-20(24(30)27-21)28-19-7-1-4-16(22(19)18-6-2-12-26-23(18)28)5-3-15-31-17-10-13-25-14-11-17;17-10-4-1-5-11-14(10)9-3-2-8-18-15(9)20(11)12-6-7-13(21)19-16(12)22;1-5-10-16-11-6-8-14(9-7-11)12(15)17-13(2,3)4;1-2;/h4-5,7,9-10,15,20,23H,11-14,16-18H2,1-3H3,(H,31,34,35);1-2,4,6-7,12,17,20,25H,8-11,13-15H2,(H,27,29,30);1-5,8,12H,6-7H2,(H,19,21,22);1,11H,6-10H2,2-4H3;1H3;1H4/i;;;;;1T. The maximum atomic E-state index is 12.7. The van der Waals surface area contributed by atoms with E-state index in [1.165, 1.54) is 7.40 Å². The smallest absolute Gasteiger partial charge is 0.410 e. The van der Waals surface area contributed by atoms with Gasteiger partial charge in [-0.2, -0.15) is 0 Å². The molecule has 111 heavy (non-hydrogen) atoms. The highest BCUT2D eigenvalue weighted by Gasteiger charge is 2.36. The van der Waals surface area contributed by atoms with Crippen LogP contribution in [0, 0.1) is 36.0 Å². The number of rotatable bonds is 9. The second-order valence-corrected chi connectivity index (χ2v) is 30.0. The van der Waals surface area contributed by atoms with E-state index >= 15 is 0 Å². The highest BCUT2D eigenvalue weighted by Crippen LogP contribution is 2.40. The summed E-state index contributed by atoms with van der Waals surface area (Å²) in [5.41, 5.74) is 5.65. The number of ether oxygens (including phenoxy) is 5. The predicted molar refractivity (Wildman–Crippen MR) is 425 cm³/mol. The molecule has 25 nitrogen and oxygen atoms in total. The van der Waals surface area contributed by atoms with Crippen LogP contribution in [0.15, 0.2) is 114 Å². The number of pyridine rings is 3. The van der Waals surface area contributed by atoms with E-state index in [-0.39, 0.29) is 79.0 Å². The predicted octanol–water partition coefficient (Wildman–Crippen LogP) is 12.4. The zero-order valence-corrected chi connectivity index (χ0v) is 65.5. The minimum Gasteiger partial charge on any atom is -0.444 e. The minimum atomic E-state index is -0.513. The van der Waals surface area contributed by atoms with Crippen LogP contribution in [0.1, 0.15) is 157 Å². The fourth-order valence-electron chi connectivity index (χ4n) is 14.4. The molecule has 4 N–H and O–H groups in total. The lowest BCUT2D eigenvalue weighted by atomic mass is 10.1. The fraction of sp³-hybridized carbons (Fsp3) is 0.440. The first kappa shape index (κ1) is 81.4. The molecule has 3 unspecified atom stereocenters. The minimum absolute atomic E-state index is 0.0393. The van der Waals surface area contributed by atoms with Crippen molar-refractivity contribution in [2.75, 3.05) is 66.3 Å². The number of likely N-dealkylation sites (tertiary alicyclic amines) is 2. The number of carbonyl (C=O) groups is 8. The number of imide groups is 3. The number of hydrogen-bond acceptors (Lipinski definition) is 17. The summed E-state index contributed by atoms with van der Waals surface area (Å²) in [7, 11) is 1.75. The Morgan fingerprint density at radius 1 is 0.505 bits per heavy atom. The molecule has 6 saturated heterocycles. The fourth-order valence-corrected chi connectivity index (χ4v) is 15.0. The molecule has 6 fully saturated rings. The maximum Gasteiger partial charge on any atom is 0.410 e. The summed E-state index contributed by atoms with van der Waals surface area (Å²) < 4.78 is 50.2. The van der Waals surface area contributed by atoms with Crippen LogP contribution < -0.4 is 21.3 Å². The van der Waals surface area contributed by atoms with E-state index in [4.69, 9.17) is 31.5 Å². The van der Waals surface area contributed by atoms with Gasteiger partial charge in [0.15, 0.2) is 0 Å². The first-order chi connectivity index (χ1) is 54.0. The van der Waals surface area contributed by atoms with Crippen molar-refractivity contribution in [3.8, 4) is 36.0 Å². The van der Waals surface area contributed by atoms with Crippen LogP contribution in [-0.4, -0.2) is 182 Å². The molecule has 0 saturated carbocycles. The van der Waals surface area contributed by atoms with E-state index in [2.05, 4.69) is 81.8 Å². The topological polar surface area (TPSA) is 291 Å². The third-order valence-corrected chi connectivity index (χ3v) is 20.0. The van der Waals surface area contributed by atoms with E-state index in [1.54, 1.807) is 28.4 Å². The molecule has 8 amide bonds. The number of benzene rings is 3. The Bertz CT molecular complexity index is 5090. The molecule has 0 bridgehead atoms. The number of aromatic nitrogens is 6. The van der Waals surface area contributed by atoms with E-state index in [1.807, 2.05) is 146 Å². The quantitative estimate of drug-likeness (QED) is 0.0771. The van der Waals surface area contributed by atoms with Gasteiger partial charge in [-0.3, -0.25) is 49.1 Å². The number of hydrogen-bond donors (Lipinski definition) is 4. The number of amides is 8. The first-order valence-corrected chi connectivity index (χ1v) is 37.9. The van der Waals surface area contributed by atoms with Gasteiger partial charge in [-0.05, 0) is 185 Å². The van der Waals surface area contributed by atoms with Gasteiger partial charge in [-0.1, -0.05) is 71.1 Å². The Balaban J connectivity index is 0.000000162. The van der Waals surface area contributed by atoms with Crippen molar-refractivity contribution in [1.82, 2.24) is 59.7 Å². The number of carbonyl (C=O) groups excluding carboxylic acids is 8. The Kier molecular flexibility index (Phi) is 27.8. The molecule has 6 aliphatic heterocycles. The van der Waals surface area contributed by atoms with Crippen molar-refractivity contribution in [1.29, 1.82) is 0 Å². The summed E-state index contributed by atoms with van der Waals surface area (Å²) in [4.78, 5) is 113. The molecule has 3 atom stereocenters. The van der Waals surface area contributed by atoms with E-state index < -0.39 is 29.3 Å². The summed E-state index contributed by atoms with van der Waals surface area (Å²) >= 11 is 3.58. The molecule has 6 aliphatic rings. The van der Waals surface area contributed by atoms with E-state index in [0.29, 0.717) is 84.3 Å². The zero-order valence-electron chi connectivity index (χ0n) is 64.9. The Morgan fingerprint density at radius 2 is 0.847 bits per heavy atom. The molecule has 0 spiro atoms. The molecule has 15 rings (SSSR count). The van der Waals surface area contributed by atoms with Crippen molar-refractivity contribution in [3.63, 3.8) is 0 Å².